The van der Waals surface area contributed by atoms with Crippen LogP contribution in [0.1, 0.15) is 50.2 Å². The first-order valence-electron chi connectivity index (χ1n) is 6.52. The molecule has 0 saturated carbocycles. The van der Waals surface area contributed by atoms with Gasteiger partial charge in [-0.15, -0.1) is 0 Å². The van der Waals surface area contributed by atoms with Gasteiger partial charge < -0.3 is 4.74 Å². The lowest BCUT2D eigenvalue weighted by atomic mass is 9.89. The van der Waals surface area contributed by atoms with E-state index >= 15 is 0 Å². The summed E-state index contributed by atoms with van der Waals surface area (Å²) in [4.78, 5) is 0. The molecule has 0 spiro atoms. The lowest BCUT2D eigenvalue weighted by Gasteiger charge is -2.16. The third kappa shape index (κ3) is 3.92. The molecule has 1 unspecified atom stereocenters. The van der Waals surface area contributed by atoms with Crippen LogP contribution in [0.2, 0.25) is 0 Å². The van der Waals surface area contributed by atoms with Crippen molar-refractivity contribution in [2.75, 3.05) is 7.11 Å². The number of aryl methyl sites for hydroxylation is 1. The normalized spacial score (nSPS) is 12.9. The quantitative estimate of drug-likeness (QED) is 0.637. The van der Waals surface area contributed by atoms with Crippen LogP contribution in [0, 0.1) is 6.92 Å². The summed E-state index contributed by atoms with van der Waals surface area (Å²) >= 11 is 0. The van der Waals surface area contributed by atoms with Gasteiger partial charge in [0.25, 0.3) is 0 Å². The fraction of sp³-hybridized carbons (Fsp3) is 0.500. The van der Waals surface area contributed by atoms with E-state index < -0.39 is 0 Å². The summed E-state index contributed by atoms with van der Waals surface area (Å²) in [5.41, 5.74) is 2.79. The fourth-order valence-corrected chi connectivity index (χ4v) is 2.17. The van der Waals surface area contributed by atoms with Crippen LogP contribution < -0.4 is 4.74 Å². The number of allylic oxidation sites excluding steroid dienone is 2. The molecule has 0 bridgehead atoms. The highest BCUT2D eigenvalue weighted by Crippen LogP contribution is 2.29. The molecule has 0 aromatic heterocycles. The molecule has 0 radical (unpaired) electrons. The Bertz CT molecular complexity index is 366. The predicted molar refractivity (Wildman–Crippen MR) is 74.8 cm³/mol. The summed E-state index contributed by atoms with van der Waals surface area (Å²) in [6.07, 6.45) is 8.00. The molecule has 1 rings (SSSR count). The van der Waals surface area contributed by atoms with Gasteiger partial charge in [0.15, 0.2) is 0 Å². The summed E-state index contributed by atoms with van der Waals surface area (Å²) in [6, 6.07) is 6.40. The maximum absolute atomic E-state index is 5.25. The molecule has 0 aliphatic rings. The first kappa shape index (κ1) is 13.8. The van der Waals surface area contributed by atoms with Crippen LogP contribution in [0.3, 0.4) is 0 Å². The number of hydrogen-bond donors (Lipinski definition) is 0. The van der Waals surface area contributed by atoms with Gasteiger partial charge in [-0.25, -0.2) is 0 Å². The van der Waals surface area contributed by atoms with E-state index in [0.717, 1.165) is 18.6 Å². The molecule has 0 heterocycles. The summed E-state index contributed by atoms with van der Waals surface area (Å²) in [7, 11) is 1.72. The van der Waals surface area contributed by atoms with E-state index in [0.29, 0.717) is 5.92 Å². The second-order valence-corrected chi connectivity index (χ2v) is 4.44. The highest BCUT2D eigenvalue weighted by molar-refractivity contribution is 5.37. The van der Waals surface area contributed by atoms with Gasteiger partial charge in [-0.2, -0.15) is 0 Å². The number of benzene rings is 1. The van der Waals surface area contributed by atoms with E-state index in [-0.39, 0.29) is 0 Å². The van der Waals surface area contributed by atoms with Gasteiger partial charge in [0, 0.05) is 0 Å². The molecule has 17 heavy (non-hydrogen) atoms. The van der Waals surface area contributed by atoms with E-state index in [2.05, 4.69) is 51.1 Å². The summed E-state index contributed by atoms with van der Waals surface area (Å²) in [5.74, 6) is 1.58. The van der Waals surface area contributed by atoms with Crippen molar-refractivity contribution in [1.29, 1.82) is 0 Å². The van der Waals surface area contributed by atoms with E-state index in [9.17, 15) is 0 Å². The average molecular weight is 232 g/mol. The Labute approximate surface area is 106 Å². The smallest absolute Gasteiger partial charge is 0.119 e. The molecule has 1 atom stereocenters. The van der Waals surface area contributed by atoms with Crippen molar-refractivity contribution in [3.63, 3.8) is 0 Å². The van der Waals surface area contributed by atoms with Crippen LogP contribution >= 0.6 is 0 Å². The Balaban J connectivity index is 2.84. The Hall–Kier alpha value is -1.24. The molecule has 1 aromatic carbocycles. The SMILES string of the molecule is CC/C=C\CC(CC)c1ccc(OC)cc1C. The van der Waals surface area contributed by atoms with Crippen molar-refractivity contribution >= 4 is 0 Å². The molecule has 94 valence electrons. The summed E-state index contributed by atoms with van der Waals surface area (Å²) in [5, 5.41) is 0. The van der Waals surface area contributed by atoms with Gasteiger partial charge in [-0.1, -0.05) is 32.1 Å². The molecule has 0 aliphatic heterocycles. The Kier molecular flexibility index (Phi) is 5.82. The number of rotatable bonds is 6. The molecule has 1 nitrogen and oxygen atoms in total. The third-order valence-electron chi connectivity index (χ3n) is 3.23. The molecule has 0 N–H and O–H groups in total. The second kappa shape index (κ2) is 7.16. The first-order chi connectivity index (χ1) is 8.22. The maximum Gasteiger partial charge on any atom is 0.119 e. The molecule has 1 aromatic rings. The Morgan fingerprint density at radius 3 is 2.53 bits per heavy atom. The minimum absolute atomic E-state index is 0.628. The largest absolute Gasteiger partial charge is 0.497 e. The van der Waals surface area contributed by atoms with Gasteiger partial charge in [0.1, 0.15) is 5.75 Å². The minimum atomic E-state index is 0.628. The van der Waals surface area contributed by atoms with Crippen molar-refractivity contribution in [1.82, 2.24) is 0 Å². The third-order valence-corrected chi connectivity index (χ3v) is 3.23. The zero-order valence-electron chi connectivity index (χ0n) is 11.5. The van der Waals surface area contributed by atoms with Crippen LogP contribution in [-0.2, 0) is 0 Å². The van der Waals surface area contributed by atoms with E-state index in [4.69, 9.17) is 4.74 Å². The summed E-state index contributed by atoms with van der Waals surface area (Å²) < 4.78 is 5.25. The molecule has 0 aliphatic carbocycles. The van der Waals surface area contributed by atoms with Crippen molar-refractivity contribution in [3.05, 3.63) is 41.5 Å². The highest BCUT2D eigenvalue weighted by Gasteiger charge is 2.10. The second-order valence-electron chi connectivity index (χ2n) is 4.44. The van der Waals surface area contributed by atoms with E-state index in [1.54, 1.807) is 7.11 Å². The van der Waals surface area contributed by atoms with Crippen LogP contribution in [0.5, 0.6) is 5.75 Å². The van der Waals surface area contributed by atoms with Crippen molar-refractivity contribution < 1.29 is 4.74 Å². The fourth-order valence-electron chi connectivity index (χ4n) is 2.17. The van der Waals surface area contributed by atoms with E-state index in [1.165, 1.54) is 17.5 Å². The van der Waals surface area contributed by atoms with Crippen molar-refractivity contribution in [3.8, 4) is 5.75 Å². The van der Waals surface area contributed by atoms with Gasteiger partial charge in [0.2, 0.25) is 0 Å². The molecule has 1 heteroatoms. The van der Waals surface area contributed by atoms with Crippen LogP contribution in [-0.4, -0.2) is 7.11 Å². The first-order valence-corrected chi connectivity index (χ1v) is 6.52. The lowest BCUT2D eigenvalue weighted by Crippen LogP contribution is -1.99. The number of methoxy groups -OCH3 is 1. The molecule has 0 amide bonds. The maximum atomic E-state index is 5.25. The van der Waals surface area contributed by atoms with Gasteiger partial charge in [0.05, 0.1) is 7.11 Å². The van der Waals surface area contributed by atoms with Crippen LogP contribution in [0.15, 0.2) is 30.4 Å². The minimum Gasteiger partial charge on any atom is -0.497 e. The Morgan fingerprint density at radius 1 is 1.24 bits per heavy atom. The molecule has 0 fully saturated rings. The predicted octanol–water partition coefficient (Wildman–Crippen LogP) is 4.85. The van der Waals surface area contributed by atoms with Gasteiger partial charge in [-0.05, 0) is 55.4 Å². The monoisotopic (exact) mass is 232 g/mol. The summed E-state index contributed by atoms with van der Waals surface area (Å²) in [6.45, 7) is 6.61. The van der Waals surface area contributed by atoms with Crippen molar-refractivity contribution in [2.24, 2.45) is 0 Å². The topological polar surface area (TPSA) is 9.23 Å². The zero-order chi connectivity index (χ0) is 12.7. The molecular weight excluding hydrogens is 208 g/mol. The molecular formula is C16H24O. The van der Waals surface area contributed by atoms with Crippen molar-refractivity contribution in [2.45, 2.75) is 46.0 Å². The van der Waals surface area contributed by atoms with Crippen LogP contribution in [0.4, 0.5) is 0 Å². The zero-order valence-corrected chi connectivity index (χ0v) is 11.5. The average Bonchev–Trinajstić information content (AvgIpc) is 2.35. The van der Waals surface area contributed by atoms with E-state index in [1.807, 2.05) is 0 Å². The standard InChI is InChI=1S/C16H24O/c1-5-7-8-9-14(6-2)16-11-10-15(17-4)12-13(16)3/h7-8,10-12,14H,5-6,9H2,1-4H3/b8-7-. The lowest BCUT2D eigenvalue weighted by molar-refractivity contribution is 0.414. The number of ether oxygens (including phenoxy) is 1. The number of hydrogen-bond acceptors (Lipinski definition) is 1. The highest BCUT2D eigenvalue weighted by atomic mass is 16.5. The Morgan fingerprint density at radius 2 is 2.00 bits per heavy atom. The molecule has 0 saturated heterocycles. The van der Waals surface area contributed by atoms with Crippen LogP contribution in [0.25, 0.3) is 0 Å². The van der Waals surface area contributed by atoms with Gasteiger partial charge >= 0.3 is 0 Å². The van der Waals surface area contributed by atoms with Gasteiger partial charge in [-0.3, -0.25) is 0 Å².